The molecular formula is C35H26N2O. The average molecular weight is 491 g/mol. The zero-order valence-corrected chi connectivity index (χ0v) is 20.8. The number of para-hydroxylation sites is 1. The van der Waals surface area contributed by atoms with Crippen molar-refractivity contribution in [3.05, 3.63) is 151 Å². The van der Waals surface area contributed by atoms with Gasteiger partial charge in [0.2, 0.25) is 0 Å². The van der Waals surface area contributed by atoms with Gasteiger partial charge in [0, 0.05) is 22.3 Å². The molecule has 2 heterocycles. The summed E-state index contributed by atoms with van der Waals surface area (Å²) in [5.74, 6) is 1.98. The first kappa shape index (κ1) is 22.2. The molecule has 7 rings (SSSR count). The van der Waals surface area contributed by atoms with Crippen molar-refractivity contribution in [2.75, 3.05) is 4.90 Å². The predicted molar refractivity (Wildman–Crippen MR) is 157 cm³/mol. The molecule has 1 N–H and O–H groups in total. The third-order valence-electron chi connectivity index (χ3n) is 7.13. The quantitative estimate of drug-likeness (QED) is 0.261. The molecule has 0 radical (unpaired) electrons. The Kier molecular flexibility index (Phi) is 5.52. The number of fused-ring (bicyclic) bond motifs is 3. The monoisotopic (exact) mass is 490 g/mol. The van der Waals surface area contributed by atoms with Gasteiger partial charge in [-0.1, -0.05) is 103 Å². The second-order valence-electron chi connectivity index (χ2n) is 9.48. The number of hydrogen-bond acceptors (Lipinski definition) is 3. The molecule has 0 amide bonds. The molecule has 5 aromatic carbocycles. The molecule has 0 aliphatic carbocycles. The van der Waals surface area contributed by atoms with Crippen LogP contribution in [0.2, 0.25) is 0 Å². The van der Waals surface area contributed by atoms with Crippen LogP contribution in [0.25, 0.3) is 39.3 Å². The highest BCUT2D eigenvalue weighted by atomic mass is 16.3. The smallest absolute Gasteiger partial charge is 0.135 e. The summed E-state index contributed by atoms with van der Waals surface area (Å²) in [7, 11) is 0. The second-order valence-corrected chi connectivity index (χ2v) is 9.48. The normalized spacial score (nSPS) is 12.5. The second kappa shape index (κ2) is 9.45. The highest BCUT2D eigenvalue weighted by molar-refractivity contribution is 5.91. The summed E-state index contributed by atoms with van der Waals surface area (Å²) >= 11 is 0. The van der Waals surface area contributed by atoms with E-state index >= 15 is 0 Å². The van der Waals surface area contributed by atoms with E-state index in [1.165, 1.54) is 22.3 Å². The summed E-state index contributed by atoms with van der Waals surface area (Å²) < 4.78 is 6.13. The molecule has 0 saturated heterocycles. The van der Waals surface area contributed by atoms with Gasteiger partial charge in [-0.15, -0.1) is 0 Å². The minimum Gasteiger partial charge on any atom is -0.459 e. The largest absolute Gasteiger partial charge is 0.459 e. The van der Waals surface area contributed by atoms with Gasteiger partial charge in [-0.05, 0) is 58.7 Å². The summed E-state index contributed by atoms with van der Waals surface area (Å²) in [5.41, 5.74) is 9.05. The lowest BCUT2D eigenvalue weighted by atomic mass is 10.0. The SMILES string of the molecule is C1=C(N(c2ccc(-c3ccccc3)cc2)c2ccc(-c3ccccc3)cc2)NCc2oc3ccccc3c21. The van der Waals surface area contributed by atoms with Crippen molar-refractivity contribution in [1.82, 2.24) is 5.32 Å². The lowest BCUT2D eigenvalue weighted by molar-refractivity contribution is 0.525. The van der Waals surface area contributed by atoms with Crippen LogP contribution in [0.5, 0.6) is 0 Å². The third kappa shape index (κ3) is 4.04. The number of anilines is 2. The molecule has 6 aromatic rings. The first-order valence-corrected chi connectivity index (χ1v) is 12.9. The van der Waals surface area contributed by atoms with Crippen molar-refractivity contribution in [2.24, 2.45) is 0 Å². The van der Waals surface area contributed by atoms with E-state index in [1.807, 2.05) is 24.3 Å². The van der Waals surface area contributed by atoms with Crippen LogP contribution in [0.4, 0.5) is 11.4 Å². The predicted octanol–water partition coefficient (Wildman–Crippen LogP) is 9.01. The van der Waals surface area contributed by atoms with Crippen molar-refractivity contribution in [1.29, 1.82) is 0 Å². The van der Waals surface area contributed by atoms with Crippen molar-refractivity contribution < 1.29 is 4.42 Å². The van der Waals surface area contributed by atoms with E-state index in [9.17, 15) is 0 Å². The van der Waals surface area contributed by atoms with Crippen LogP contribution in [0, 0.1) is 0 Å². The zero-order chi connectivity index (χ0) is 25.3. The van der Waals surface area contributed by atoms with Crippen LogP contribution in [-0.2, 0) is 6.54 Å². The maximum atomic E-state index is 6.13. The van der Waals surface area contributed by atoms with Gasteiger partial charge in [0.05, 0.1) is 6.54 Å². The van der Waals surface area contributed by atoms with Crippen LogP contribution in [0.3, 0.4) is 0 Å². The first-order chi connectivity index (χ1) is 18.8. The molecule has 0 spiro atoms. The van der Waals surface area contributed by atoms with Crippen molar-refractivity contribution in [2.45, 2.75) is 6.54 Å². The highest BCUT2D eigenvalue weighted by Crippen LogP contribution is 2.37. The molecule has 182 valence electrons. The Balaban J connectivity index is 1.32. The van der Waals surface area contributed by atoms with Crippen molar-refractivity contribution in [3.8, 4) is 22.3 Å². The number of furan rings is 1. The molecule has 1 aliphatic rings. The van der Waals surface area contributed by atoms with Gasteiger partial charge in [-0.25, -0.2) is 0 Å². The van der Waals surface area contributed by atoms with Gasteiger partial charge in [0.1, 0.15) is 17.2 Å². The van der Waals surface area contributed by atoms with Crippen molar-refractivity contribution >= 4 is 28.4 Å². The Bertz CT molecular complexity index is 1650. The first-order valence-electron chi connectivity index (χ1n) is 12.9. The molecule has 0 bridgehead atoms. The molecule has 38 heavy (non-hydrogen) atoms. The van der Waals surface area contributed by atoms with Crippen molar-refractivity contribution in [3.63, 3.8) is 0 Å². The summed E-state index contributed by atoms with van der Waals surface area (Å²) in [6, 6.07) is 46.8. The fraction of sp³-hybridized carbons (Fsp3) is 0.0286. The summed E-state index contributed by atoms with van der Waals surface area (Å²) in [4.78, 5) is 2.29. The standard InChI is InChI=1S/C35H26N2O/c1-3-9-25(10-4-1)27-15-19-29(20-16-27)37(30-21-17-28(18-22-30)26-11-5-2-6-12-26)35-23-32-31-13-7-8-14-33(31)38-34(32)24-36-35/h1-23,36H,24H2. The van der Waals surface area contributed by atoms with Gasteiger partial charge >= 0.3 is 0 Å². The van der Waals surface area contributed by atoms with Gasteiger partial charge < -0.3 is 9.73 Å². The van der Waals surface area contributed by atoms with Crippen LogP contribution in [0.15, 0.2) is 144 Å². The van der Waals surface area contributed by atoms with Gasteiger partial charge in [-0.3, -0.25) is 4.90 Å². The Morgan fingerprint density at radius 3 is 1.61 bits per heavy atom. The number of benzene rings is 5. The lowest BCUT2D eigenvalue weighted by Crippen LogP contribution is -2.29. The maximum Gasteiger partial charge on any atom is 0.135 e. The van der Waals surface area contributed by atoms with E-state index < -0.39 is 0 Å². The molecule has 3 heteroatoms. The molecule has 0 unspecified atom stereocenters. The van der Waals surface area contributed by atoms with E-state index in [2.05, 4.69) is 125 Å². The summed E-state index contributed by atoms with van der Waals surface area (Å²) in [5, 5.41) is 4.76. The Labute approximate surface area is 222 Å². The molecular weight excluding hydrogens is 464 g/mol. The fourth-order valence-corrected chi connectivity index (χ4v) is 5.20. The maximum absolute atomic E-state index is 6.13. The fourth-order valence-electron chi connectivity index (χ4n) is 5.20. The van der Waals surface area contributed by atoms with E-state index in [0.717, 1.165) is 39.5 Å². The highest BCUT2D eigenvalue weighted by Gasteiger charge is 2.23. The van der Waals surface area contributed by atoms with Crippen LogP contribution < -0.4 is 10.2 Å². The molecule has 1 aliphatic heterocycles. The minimum atomic E-state index is 0.635. The Morgan fingerprint density at radius 1 is 0.526 bits per heavy atom. The molecule has 3 nitrogen and oxygen atoms in total. The summed E-state index contributed by atoms with van der Waals surface area (Å²) in [6.45, 7) is 0.635. The van der Waals surface area contributed by atoms with Gasteiger partial charge in [0.15, 0.2) is 0 Å². The van der Waals surface area contributed by atoms with Crippen LogP contribution >= 0.6 is 0 Å². The minimum absolute atomic E-state index is 0.635. The number of rotatable bonds is 5. The number of hydrogen-bond donors (Lipinski definition) is 1. The molecule has 0 fully saturated rings. The lowest BCUT2D eigenvalue weighted by Gasteiger charge is -2.30. The average Bonchev–Trinajstić information content (AvgIpc) is 3.37. The Hall–Kier alpha value is -5.02. The third-order valence-corrected chi connectivity index (χ3v) is 7.13. The van der Waals surface area contributed by atoms with E-state index in [4.69, 9.17) is 4.42 Å². The van der Waals surface area contributed by atoms with Gasteiger partial charge in [0.25, 0.3) is 0 Å². The zero-order valence-electron chi connectivity index (χ0n) is 20.8. The van der Waals surface area contributed by atoms with E-state index in [-0.39, 0.29) is 0 Å². The Morgan fingerprint density at radius 2 is 1.03 bits per heavy atom. The van der Waals surface area contributed by atoms with Crippen LogP contribution in [-0.4, -0.2) is 0 Å². The summed E-state index contributed by atoms with van der Waals surface area (Å²) in [6.07, 6.45) is 2.21. The van der Waals surface area contributed by atoms with Crippen LogP contribution in [0.1, 0.15) is 11.3 Å². The van der Waals surface area contributed by atoms with E-state index in [1.54, 1.807) is 0 Å². The molecule has 0 atom stereocenters. The number of nitrogens with zero attached hydrogens (tertiary/aromatic N) is 1. The number of nitrogens with one attached hydrogen (secondary N) is 1. The van der Waals surface area contributed by atoms with E-state index in [0.29, 0.717) is 6.54 Å². The topological polar surface area (TPSA) is 28.4 Å². The molecule has 1 aromatic heterocycles. The molecule has 0 saturated carbocycles. The van der Waals surface area contributed by atoms with Gasteiger partial charge in [-0.2, -0.15) is 0 Å².